The molecular formula is C13H15NO. The second kappa shape index (κ2) is 5.28. The normalized spacial score (nSPS) is 11.6. The van der Waals surface area contributed by atoms with Crippen LogP contribution in [0.25, 0.3) is 6.08 Å². The summed E-state index contributed by atoms with van der Waals surface area (Å²) in [5, 5.41) is 0. The van der Waals surface area contributed by atoms with Gasteiger partial charge in [0, 0.05) is 5.92 Å². The van der Waals surface area contributed by atoms with Crippen molar-refractivity contribution in [1.82, 2.24) is 0 Å². The summed E-state index contributed by atoms with van der Waals surface area (Å²) in [6.07, 6.45) is 3.41. The molecule has 0 saturated carbocycles. The fourth-order valence-corrected chi connectivity index (χ4v) is 1.82. The fraction of sp³-hybridized carbons (Fsp3) is 0.308. The van der Waals surface area contributed by atoms with Gasteiger partial charge in [0.15, 0.2) is 0 Å². The third-order valence-corrected chi connectivity index (χ3v) is 2.50. The lowest BCUT2D eigenvalue weighted by Crippen LogP contribution is -2.02. The number of aliphatic imine (C=N–C) groups is 1. The molecule has 78 valence electrons. The van der Waals surface area contributed by atoms with Crippen molar-refractivity contribution in [2.75, 3.05) is 6.54 Å². The summed E-state index contributed by atoms with van der Waals surface area (Å²) >= 11 is 0. The minimum absolute atomic E-state index is 0.223. The van der Waals surface area contributed by atoms with Gasteiger partial charge >= 0.3 is 0 Å². The summed E-state index contributed by atoms with van der Waals surface area (Å²) in [6.45, 7) is 8.38. The van der Waals surface area contributed by atoms with E-state index in [1.54, 1.807) is 6.08 Å². The van der Waals surface area contributed by atoms with E-state index in [1.807, 2.05) is 18.2 Å². The van der Waals surface area contributed by atoms with Crippen LogP contribution >= 0.6 is 0 Å². The summed E-state index contributed by atoms with van der Waals surface area (Å²) in [7, 11) is 0. The number of hydrogen-bond donors (Lipinski definition) is 0. The van der Waals surface area contributed by atoms with Gasteiger partial charge in [-0.2, -0.15) is 0 Å². The molecule has 0 radical (unpaired) electrons. The first kappa shape index (κ1) is 11.4. The second-order valence-electron chi connectivity index (χ2n) is 3.61. The summed E-state index contributed by atoms with van der Waals surface area (Å²) in [6, 6.07) is 6.09. The van der Waals surface area contributed by atoms with Crippen LogP contribution in [0, 0.1) is 6.92 Å². The molecule has 0 bridgehead atoms. The van der Waals surface area contributed by atoms with Crippen LogP contribution in [-0.2, 0) is 4.79 Å². The number of aryl methyl sites for hydroxylation is 1. The van der Waals surface area contributed by atoms with Gasteiger partial charge in [0.05, 0.1) is 6.54 Å². The van der Waals surface area contributed by atoms with Gasteiger partial charge in [0.25, 0.3) is 0 Å². The first-order valence-corrected chi connectivity index (χ1v) is 4.96. The largest absolute Gasteiger partial charge is 0.234 e. The summed E-state index contributed by atoms with van der Waals surface area (Å²) in [5.41, 5.74) is 3.54. The summed E-state index contributed by atoms with van der Waals surface area (Å²) in [4.78, 5) is 13.7. The molecule has 0 N–H and O–H groups in total. The Hall–Kier alpha value is -1.66. The molecule has 1 rings (SSSR count). The Bertz CT molecular complexity index is 403. The predicted molar refractivity (Wildman–Crippen MR) is 62.7 cm³/mol. The zero-order valence-electron chi connectivity index (χ0n) is 9.16. The van der Waals surface area contributed by atoms with Crippen molar-refractivity contribution >= 4 is 12.2 Å². The van der Waals surface area contributed by atoms with E-state index in [0.29, 0.717) is 6.54 Å². The zero-order valence-corrected chi connectivity index (χ0v) is 9.16. The Morgan fingerprint density at radius 3 is 2.93 bits per heavy atom. The van der Waals surface area contributed by atoms with Crippen molar-refractivity contribution in [2.45, 2.75) is 19.8 Å². The van der Waals surface area contributed by atoms with Crippen LogP contribution in [0.4, 0.5) is 0 Å². The Labute approximate surface area is 90.4 Å². The number of carbonyl (C=O) groups excluding carboxylic acids is 1. The van der Waals surface area contributed by atoms with Gasteiger partial charge in [-0.05, 0) is 23.6 Å². The molecule has 1 unspecified atom stereocenters. The maximum Gasteiger partial charge on any atom is 0.234 e. The molecule has 2 heteroatoms. The zero-order chi connectivity index (χ0) is 11.3. The molecule has 0 spiro atoms. The molecule has 0 aliphatic carbocycles. The maximum absolute atomic E-state index is 10.1. The first-order valence-electron chi connectivity index (χ1n) is 4.96. The van der Waals surface area contributed by atoms with Gasteiger partial charge in [-0.25, -0.2) is 9.79 Å². The van der Waals surface area contributed by atoms with Gasteiger partial charge in [-0.3, -0.25) is 0 Å². The third-order valence-electron chi connectivity index (χ3n) is 2.50. The van der Waals surface area contributed by atoms with Crippen LogP contribution in [-0.4, -0.2) is 12.6 Å². The van der Waals surface area contributed by atoms with Crippen LogP contribution < -0.4 is 0 Å². The van der Waals surface area contributed by atoms with Crippen molar-refractivity contribution in [3.63, 3.8) is 0 Å². The first-order chi connectivity index (χ1) is 7.20. The van der Waals surface area contributed by atoms with Gasteiger partial charge in [0.1, 0.15) is 0 Å². The molecule has 0 heterocycles. The molecule has 0 fully saturated rings. The SMILES string of the molecule is C=Cc1cccc(C)c1C(C)CN=C=O. The van der Waals surface area contributed by atoms with E-state index in [2.05, 4.69) is 31.5 Å². The average molecular weight is 201 g/mol. The van der Waals surface area contributed by atoms with Crippen molar-refractivity contribution in [1.29, 1.82) is 0 Å². The molecule has 0 aromatic heterocycles. The van der Waals surface area contributed by atoms with E-state index >= 15 is 0 Å². The highest BCUT2D eigenvalue weighted by atomic mass is 16.1. The van der Waals surface area contributed by atoms with Crippen LogP contribution in [0.5, 0.6) is 0 Å². The van der Waals surface area contributed by atoms with E-state index in [0.717, 1.165) is 5.56 Å². The number of benzene rings is 1. The summed E-state index contributed by atoms with van der Waals surface area (Å²) < 4.78 is 0. The minimum atomic E-state index is 0.223. The molecule has 0 saturated heterocycles. The molecular weight excluding hydrogens is 186 g/mol. The molecule has 0 aliphatic heterocycles. The Balaban J connectivity index is 3.10. The Kier molecular flexibility index (Phi) is 4.02. The lowest BCUT2D eigenvalue weighted by atomic mass is 9.91. The second-order valence-corrected chi connectivity index (χ2v) is 3.61. The van der Waals surface area contributed by atoms with Gasteiger partial charge in [-0.1, -0.05) is 37.8 Å². The number of rotatable bonds is 4. The van der Waals surface area contributed by atoms with Crippen molar-refractivity contribution in [3.8, 4) is 0 Å². The van der Waals surface area contributed by atoms with Crippen molar-refractivity contribution < 1.29 is 4.79 Å². The van der Waals surface area contributed by atoms with Gasteiger partial charge in [0.2, 0.25) is 6.08 Å². The predicted octanol–water partition coefficient (Wildman–Crippen LogP) is 3.08. The van der Waals surface area contributed by atoms with Gasteiger partial charge in [-0.15, -0.1) is 0 Å². The van der Waals surface area contributed by atoms with Crippen LogP contribution in [0.2, 0.25) is 0 Å². The van der Waals surface area contributed by atoms with Crippen molar-refractivity contribution in [3.05, 3.63) is 41.5 Å². The molecule has 1 aromatic carbocycles. The van der Waals surface area contributed by atoms with Crippen LogP contribution in [0.1, 0.15) is 29.5 Å². The average Bonchev–Trinajstić information content (AvgIpc) is 2.25. The smallest absolute Gasteiger partial charge is 0.211 e. The van der Waals surface area contributed by atoms with Crippen LogP contribution in [0.15, 0.2) is 29.8 Å². The van der Waals surface area contributed by atoms with E-state index in [1.165, 1.54) is 11.1 Å². The van der Waals surface area contributed by atoms with E-state index in [4.69, 9.17) is 0 Å². The lowest BCUT2D eigenvalue weighted by Gasteiger charge is -2.15. The summed E-state index contributed by atoms with van der Waals surface area (Å²) in [5.74, 6) is 0.223. The monoisotopic (exact) mass is 201 g/mol. The quantitative estimate of drug-likeness (QED) is 0.543. The highest BCUT2D eigenvalue weighted by molar-refractivity contribution is 5.55. The number of hydrogen-bond acceptors (Lipinski definition) is 2. The van der Waals surface area contributed by atoms with Crippen LogP contribution in [0.3, 0.4) is 0 Å². The van der Waals surface area contributed by atoms with E-state index in [9.17, 15) is 4.79 Å². The minimum Gasteiger partial charge on any atom is -0.211 e. The molecule has 1 aromatic rings. The fourth-order valence-electron chi connectivity index (χ4n) is 1.82. The van der Waals surface area contributed by atoms with E-state index < -0.39 is 0 Å². The number of nitrogens with zero attached hydrogens (tertiary/aromatic N) is 1. The Morgan fingerprint density at radius 1 is 1.60 bits per heavy atom. The number of isocyanates is 1. The van der Waals surface area contributed by atoms with Gasteiger partial charge < -0.3 is 0 Å². The Morgan fingerprint density at radius 2 is 2.33 bits per heavy atom. The van der Waals surface area contributed by atoms with Crippen molar-refractivity contribution in [2.24, 2.45) is 4.99 Å². The highest BCUT2D eigenvalue weighted by Gasteiger charge is 2.10. The lowest BCUT2D eigenvalue weighted by molar-refractivity contribution is 0.561. The molecule has 1 atom stereocenters. The standard InChI is InChI=1S/C13H15NO/c1-4-12-7-5-6-10(2)13(12)11(3)8-14-9-15/h4-7,11H,1,8H2,2-3H3. The topological polar surface area (TPSA) is 29.4 Å². The molecule has 2 nitrogen and oxygen atoms in total. The van der Waals surface area contributed by atoms with E-state index in [-0.39, 0.29) is 5.92 Å². The molecule has 0 amide bonds. The molecule has 15 heavy (non-hydrogen) atoms. The third kappa shape index (κ3) is 2.64. The highest BCUT2D eigenvalue weighted by Crippen LogP contribution is 2.24. The maximum atomic E-state index is 10.1. The molecule has 0 aliphatic rings.